The Hall–Kier alpha value is -2.77. The molecule has 1 amide bonds. The molecule has 1 atom stereocenters. The number of tetrazole rings is 1. The highest BCUT2D eigenvalue weighted by Crippen LogP contribution is 2.14. The molecule has 1 aromatic heterocycles. The Balaban J connectivity index is 2.07. The first kappa shape index (κ1) is 14.6. The SMILES string of the molecule is CCC[C@@H](NC(=O)c1ccc(-c2nn[nH]n2)cc1)C(=O)O. The summed E-state index contributed by atoms with van der Waals surface area (Å²) in [5.74, 6) is -1.03. The minimum Gasteiger partial charge on any atom is -0.480 e. The molecule has 8 nitrogen and oxygen atoms in total. The number of nitrogens with one attached hydrogen (secondary N) is 2. The van der Waals surface area contributed by atoms with E-state index in [1.54, 1.807) is 24.3 Å². The van der Waals surface area contributed by atoms with Crippen LogP contribution in [0.25, 0.3) is 11.4 Å². The number of carboxylic acids is 1. The molecule has 0 fully saturated rings. The minimum absolute atomic E-state index is 0.379. The molecule has 0 aliphatic heterocycles. The average molecular weight is 289 g/mol. The Kier molecular flexibility index (Phi) is 4.60. The van der Waals surface area contributed by atoms with Crippen molar-refractivity contribution in [3.8, 4) is 11.4 Å². The van der Waals surface area contributed by atoms with Gasteiger partial charge < -0.3 is 10.4 Å². The lowest BCUT2D eigenvalue weighted by Crippen LogP contribution is -2.40. The number of benzene rings is 1. The first-order valence-electron chi connectivity index (χ1n) is 6.49. The average Bonchev–Trinajstić information content (AvgIpc) is 3.01. The number of aliphatic carboxylic acids is 1. The van der Waals surface area contributed by atoms with E-state index in [9.17, 15) is 9.59 Å². The summed E-state index contributed by atoms with van der Waals surface area (Å²) in [4.78, 5) is 23.0. The predicted octanol–water partition coefficient (Wildman–Crippen LogP) is 0.850. The first-order valence-corrected chi connectivity index (χ1v) is 6.49. The molecule has 0 saturated heterocycles. The van der Waals surface area contributed by atoms with Crippen molar-refractivity contribution in [2.45, 2.75) is 25.8 Å². The van der Waals surface area contributed by atoms with Crippen LogP contribution in [0.4, 0.5) is 0 Å². The number of hydrogen-bond donors (Lipinski definition) is 3. The highest BCUT2D eigenvalue weighted by atomic mass is 16.4. The topological polar surface area (TPSA) is 121 Å². The van der Waals surface area contributed by atoms with Crippen LogP contribution in [-0.4, -0.2) is 43.6 Å². The van der Waals surface area contributed by atoms with E-state index in [4.69, 9.17) is 5.11 Å². The first-order chi connectivity index (χ1) is 10.1. The zero-order chi connectivity index (χ0) is 15.2. The summed E-state index contributed by atoms with van der Waals surface area (Å²) in [6.07, 6.45) is 1.07. The van der Waals surface area contributed by atoms with Crippen molar-refractivity contribution < 1.29 is 14.7 Å². The molecule has 21 heavy (non-hydrogen) atoms. The summed E-state index contributed by atoms with van der Waals surface area (Å²) >= 11 is 0. The van der Waals surface area contributed by atoms with Crippen LogP contribution in [0.5, 0.6) is 0 Å². The van der Waals surface area contributed by atoms with Gasteiger partial charge in [0.2, 0.25) is 5.82 Å². The van der Waals surface area contributed by atoms with Crippen LogP contribution in [0.3, 0.4) is 0 Å². The van der Waals surface area contributed by atoms with Gasteiger partial charge in [0.25, 0.3) is 5.91 Å². The second-order valence-corrected chi connectivity index (χ2v) is 4.47. The Morgan fingerprint density at radius 2 is 2.05 bits per heavy atom. The van der Waals surface area contributed by atoms with E-state index < -0.39 is 17.9 Å². The maximum absolute atomic E-state index is 12.0. The zero-order valence-electron chi connectivity index (χ0n) is 11.4. The van der Waals surface area contributed by atoms with Crippen LogP contribution >= 0.6 is 0 Å². The van der Waals surface area contributed by atoms with Crippen molar-refractivity contribution in [2.24, 2.45) is 0 Å². The summed E-state index contributed by atoms with van der Waals surface area (Å²) in [5.41, 5.74) is 1.09. The van der Waals surface area contributed by atoms with E-state index in [1.165, 1.54) is 0 Å². The molecule has 0 aliphatic carbocycles. The van der Waals surface area contributed by atoms with E-state index in [2.05, 4.69) is 25.9 Å². The Labute approximate surface area is 120 Å². The molecule has 0 unspecified atom stereocenters. The molecule has 2 rings (SSSR count). The van der Waals surface area contributed by atoms with Crippen molar-refractivity contribution in [3.05, 3.63) is 29.8 Å². The number of carboxylic acid groups (broad SMARTS) is 1. The van der Waals surface area contributed by atoms with Crippen molar-refractivity contribution >= 4 is 11.9 Å². The molecule has 3 N–H and O–H groups in total. The van der Waals surface area contributed by atoms with Crippen LogP contribution in [0.2, 0.25) is 0 Å². The molecule has 0 saturated carbocycles. The smallest absolute Gasteiger partial charge is 0.326 e. The predicted molar refractivity (Wildman–Crippen MR) is 73.4 cm³/mol. The van der Waals surface area contributed by atoms with Gasteiger partial charge in [-0.25, -0.2) is 4.79 Å². The number of carbonyl (C=O) groups excluding carboxylic acids is 1. The minimum atomic E-state index is -1.03. The maximum Gasteiger partial charge on any atom is 0.326 e. The maximum atomic E-state index is 12.0. The summed E-state index contributed by atoms with van der Waals surface area (Å²) in [6.45, 7) is 1.86. The number of nitrogens with zero attached hydrogens (tertiary/aromatic N) is 3. The molecule has 0 radical (unpaired) electrons. The Morgan fingerprint density at radius 1 is 1.33 bits per heavy atom. The van der Waals surface area contributed by atoms with Gasteiger partial charge in [-0.1, -0.05) is 25.5 Å². The largest absolute Gasteiger partial charge is 0.480 e. The summed E-state index contributed by atoms with van der Waals surface area (Å²) in [5, 5.41) is 25.0. The fraction of sp³-hybridized carbons (Fsp3) is 0.308. The van der Waals surface area contributed by atoms with Gasteiger partial charge in [0.15, 0.2) is 0 Å². The quantitative estimate of drug-likeness (QED) is 0.725. The molecule has 1 aromatic carbocycles. The van der Waals surface area contributed by atoms with E-state index >= 15 is 0 Å². The van der Waals surface area contributed by atoms with E-state index in [-0.39, 0.29) is 0 Å². The lowest BCUT2D eigenvalue weighted by molar-refractivity contribution is -0.139. The number of aromatic amines is 1. The Bertz CT molecular complexity index is 609. The van der Waals surface area contributed by atoms with Gasteiger partial charge in [-0.2, -0.15) is 5.21 Å². The summed E-state index contributed by atoms with van der Waals surface area (Å²) in [6, 6.07) is 5.65. The number of aromatic nitrogens is 4. The third-order valence-electron chi connectivity index (χ3n) is 2.93. The van der Waals surface area contributed by atoms with Gasteiger partial charge in [-0.15, -0.1) is 10.2 Å². The number of hydrogen-bond acceptors (Lipinski definition) is 5. The molecular weight excluding hydrogens is 274 g/mol. The summed E-state index contributed by atoms with van der Waals surface area (Å²) in [7, 11) is 0. The highest BCUT2D eigenvalue weighted by molar-refractivity contribution is 5.96. The number of rotatable bonds is 6. The van der Waals surface area contributed by atoms with E-state index in [1.807, 2.05) is 6.92 Å². The van der Waals surface area contributed by atoms with Crippen LogP contribution in [0.1, 0.15) is 30.1 Å². The third-order valence-corrected chi connectivity index (χ3v) is 2.93. The fourth-order valence-corrected chi connectivity index (χ4v) is 1.84. The molecule has 1 heterocycles. The van der Waals surface area contributed by atoms with Gasteiger partial charge in [-0.05, 0) is 23.8 Å². The second-order valence-electron chi connectivity index (χ2n) is 4.47. The van der Waals surface area contributed by atoms with Crippen LogP contribution in [0, 0.1) is 0 Å². The molecule has 2 aromatic rings. The lowest BCUT2D eigenvalue weighted by atomic mass is 10.1. The van der Waals surface area contributed by atoms with E-state index in [0.29, 0.717) is 29.8 Å². The van der Waals surface area contributed by atoms with Crippen LogP contribution < -0.4 is 5.32 Å². The lowest BCUT2D eigenvalue weighted by Gasteiger charge is -2.13. The normalized spacial score (nSPS) is 11.9. The van der Waals surface area contributed by atoms with Crippen molar-refractivity contribution in [1.29, 1.82) is 0 Å². The number of H-pyrrole nitrogens is 1. The van der Waals surface area contributed by atoms with Crippen molar-refractivity contribution in [1.82, 2.24) is 25.9 Å². The molecule has 0 spiro atoms. The highest BCUT2D eigenvalue weighted by Gasteiger charge is 2.19. The third kappa shape index (κ3) is 3.62. The molecular formula is C13H15N5O3. The standard InChI is InChI=1S/C13H15N5O3/c1-2-3-10(13(20)21)14-12(19)9-6-4-8(5-7-9)11-15-17-18-16-11/h4-7,10H,2-3H2,1H3,(H,14,19)(H,20,21)(H,15,16,17,18)/t10-/m1/s1. The summed E-state index contributed by atoms with van der Waals surface area (Å²) < 4.78 is 0. The fourth-order valence-electron chi connectivity index (χ4n) is 1.84. The molecule has 0 bridgehead atoms. The molecule has 110 valence electrons. The van der Waals surface area contributed by atoms with E-state index in [0.717, 1.165) is 0 Å². The van der Waals surface area contributed by atoms with Gasteiger partial charge in [-0.3, -0.25) is 4.79 Å². The van der Waals surface area contributed by atoms with Gasteiger partial charge in [0, 0.05) is 11.1 Å². The van der Waals surface area contributed by atoms with Crippen LogP contribution in [-0.2, 0) is 4.79 Å². The van der Waals surface area contributed by atoms with Crippen molar-refractivity contribution in [2.75, 3.05) is 0 Å². The van der Waals surface area contributed by atoms with Gasteiger partial charge >= 0.3 is 5.97 Å². The molecule has 8 heteroatoms. The van der Waals surface area contributed by atoms with Crippen molar-refractivity contribution in [3.63, 3.8) is 0 Å². The van der Waals surface area contributed by atoms with Gasteiger partial charge in [0.05, 0.1) is 0 Å². The monoisotopic (exact) mass is 289 g/mol. The number of amides is 1. The van der Waals surface area contributed by atoms with Gasteiger partial charge in [0.1, 0.15) is 6.04 Å². The Morgan fingerprint density at radius 3 is 2.57 bits per heavy atom. The number of carbonyl (C=O) groups is 2. The second kappa shape index (κ2) is 6.60. The van der Waals surface area contributed by atoms with Crippen LogP contribution in [0.15, 0.2) is 24.3 Å². The molecule has 0 aliphatic rings. The zero-order valence-corrected chi connectivity index (χ0v) is 11.4.